The molecule has 0 bridgehead atoms. The van der Waals surface area contributed by atoms with Crippen LogP contribution in [-0.2, 0) is 9.59 Å². The van der Waals surface area contributed by atoms with Gasteiger partial charge in [0, 0.05) is 26.7 Å². The first-order chi connectivity index (χ1) is 8.89. The van der Waals surface area contributed by atoms with Crippen LogP contribution in [0.1, 0.15) is 26.7 Å². The number of nitrogens with one attached hydrogen (secondary N) is 2. The van der Waals surface area contributed by atoms with Crippen molar-refractivity contribution < 1.29 is 9.59 Å². The van der Waals surface area contributed by atoms with Gasteiger partial charge in [-0.3, -0.25) is 14.5 Å². The lowest BCUT2D eigenvalue weighted by Gasteiger charge is -2.39. The van der Waals surface area contributed by atoms with E-state index in [0.717, 1.165) is 19.5 Å². The van der Waals surface area contributed by atoms with Crippen LogP contribution in [-0.4, -0.2) is 49.4 Å². The Morgan fingerprint density at radius 3 is 2.89 bits per heavy atom. The molecule has 1 unspecified atom stereocenters. The van der Waals surface area contributed by atoms with Gasteiger partial charge >= 0.3 is 0 Å². The number of amides is 2. The highest BCUT2D eigenvalue weighted by atomic mass is 16.2. The maximum atomic E-state index is 11.9. The standard InChI is InChI=1S/C14H25N3O2/c1-5-6-14(2,3)10-17-8-7-16-13(19)11(17)9-12(18)15-4/h5,11H,1,6-10H2,2-4H3,(H,15,18)(H,16,19). The van der Waals surface area contributed by atoms with Crippen LogP contribution >= 0.6 is 0 Å². The van der Waals surface area contributed by atoms with Crippen molar-refractivity contribution in [2.45, 2.75) is 32.7 Å². The van der Waals surface area contributed by atoms with Crippen LogP contribution in [0, 0.1) is 5.41 Å². The average Bonchev–Trinajstić information content (AvgIpc) is 2.32. The Hall–Kier alpha value is -1.36. The highest BCUT2D eigenvalue weighted by Gasteiger charge is 2.34. The summed E-state index contributed by atoms with van der Waals surface area (Å²) in [6.45, 7) is 10.3. The summed E-state index contributed by atoms with van der Waals surface area (Å²) in [5, 5.41) is 5.41. The minimum absolute atomic E-state index is 0.0516. The van der Waals surface area contributed by atoms with Crippen LogP contribution in [0.25, 0.3) is 0 Å². The summed E-state index contributed by atoms with van der Waals surface area (Å²) >= 11 is 0. The van der Waals surface area contributed by atoms with Crippen LogP contribution in [0.5, 0.6) is 0 Å². The molecular formula is C14H25N3O2. The highest BCUT2D eigenvalue weighted by molar-refractivity contribution is 5.88. The minimum Gasteiger partial charge on any atom is -0.359 e. The van der Waals surface area contributed by atoms with E-state index in [-0.39, 0.29) is 29.7 Å². The van der Waals surface area contributed by atoms with E-state index in [1.54, 1.807) is 7.05 Å². The third-order valence-corrected chi connectivity index (χ3v) is 3.43. The van der Waals surface area contributed by atoms with Gasteiger partial charge in [-0.15, -0.1) is 6.58 Å². The monoisotopic (exact) mass is 267 g/mol. The maximum absolute atomic E-state index is 11.9. The normalized spacial score (nSPS) is 20.8. The van der Waals surface area contributed by atoms with Crippen molar-refractivity contribution in [2.75, 3.05) is 26.7 Å². The van der Waals surface area contributed by atoms with Crippen molar-refractivity contribution in [1.29, 1.82) is 0 Å². The molecule has 108 valence electrons. The molecule has 1 heterocycles. The molecule has 0 aliphatic carbocycles. The Labute approximate surface area is 115 Å². The van der Waals surface area contributed by atoms with Crippen molar-refractivity contribution in [2.24, 2.45) is 5.41 Å². The Kier molecular flexibility index (Phi) is 5.54. The molecule has 0 aromatic rings. The quantitative estimate of drug-likeness (QED) is 0.690. The average molecular weight is 267 g/mol. The number of hydrogen-bond donors (Lipinski definition) is 2. The molecule has 19 heavy (non-hydrogen) atoms. The van der Waals surface area contributed by atoms with Crippen molar-refractivity contribution in [1.82, 2.24) is 15.5 Å². The molecular weight excluding hydrogens is 242 g/mol. The third-order valence-electron chi connectivity index (χ3n) is 3.43. The number of carbonyl (C=O) groups is 2. The molecule has 0 aromatic carbocycles. The molecule has 0 saturated carbocycles. The number of nitrogens with zero attached hydrogens (tertiary/aromatic N) is 1. The highest BCUT2D eigenvalue weighted by Crippen LogP contribution is 2.24. The van der Waals surface area contributed by atoms with E-state index in [0.29, 0.717) is 6.54 Å². The SMILES string of the molecule is C=CCC(C)(C)CN1CCNC(=O)C1CC(=O)NC. The lowest BCUT2D eigenvalue weighted by atomic mass is 9.87. The first-order valence-electron chi connectivity index (χ1n) is 6.73. The molecule has 1 aliphatic heterocycles. The molecule has 1 rings (SSSR count). The minimum atomic E-state index is -0.363. The fourth-order valence-electron chi connectivity index (χ4n) is 2.46. The van der Waals surface area contributed by atoms with Crippen molar-refractivity contribution in [3.05, 3.63) is 12.7 Å². The summed E-state index contributed by atoms with van der Waals surface area (Å²) in [5.41, 5.74) is 0.0559. The third kappa shape index (κ3) is 4.67. The van der Waals surface area contributed by atoms with E-state index in [2.05, 4.69) is 36.0 Å². The largest absolute Gasteiger partial charge is 0.359 e. The van der Waals surface area contributed by atoms with E-state index >= 15 is 0 Å². The second-order valence-corrected chi connectivity index (χ2v) is 5.81. The predicted octanol–water partition coefficient (Wildman–Crippen LogP) is 0.525. The van der Waals surface area contributed by atoms with Gasteiger partial charge in [0.15, 0.2) is 0 Å². The van der Waals surface area contributed by atoms with E-state index in [1.165, 1.54) is 0 Å². The predicted molar refractivity (Wildman–Crippen MR) is 75.6 cm³/mol. The van der Waals surface area contributed by atoms with Crippen molar-refractivity contribution in [3.63, 3.8) is 0 Å². The first-order valence-corrected chi connectivity index (χ1v) is 6.73. The van der Waals surface area contributed by atoms with Crippen molar-refractivity contribution >= 4 is 11.8 Å². The lowest BCUT2D eigenvalue weighted by molar-refractivity contribution is -0.134. The second-order valence-electron chi connectivity index (χ2n) is 5.81. The van der Waals surface area contributed by atoms with E-state index in [1.807, 2.05) is 6.08 Å². The summed E-state index contributed by atoms with van der Waals surface area (Å²) in [6, 6.07) is -0.363. The summed E-state index contributed by atoms with van der Waals surface area (Å²) < 4.78 is 0. The number of piperazine rings is 1. The molecule has 1 fully saturated rings. The zero-order chi connectivity index (χ0) is 14.5. The van der Waals surface area contributed by atoms with Gasteiger partial charge in [0.2, 0.25) is 11.8 Å². The number of allylic oxidation sites excluding steroid dienone is 1. The fourth-order valence-corrected chi connectivity index (χ4v) is 2.46. The molecule has 0 aromatic heterocycles. The van der Waals surface area contributed by atoms with Crippen molar-refractivity contribution in [3.8, 4) is 0 Å². The van der Waals surface area contributed by atoms with Crippen LogP contribution in [0.3, 0.4) is 0 Å². The topological polar surface area (TPSA) is 61.4 Å². The Morgan fingerprint density at radius 1 is 1.63 bits per heavy atom. The smallest absolute Gasteiger partial charge is 0.237 e. The molecule has 0 radical (unpaired) electrons. The van der Waals surface area contributed by atoms with Gasteiger partial charge < -0.3 is 10.6 Å². The lowest BCUT2D eigenvalue weighted by Crippen LogP contribution is -2.58. The number of carbonyl (C=O) groups excluding carboxylic acids is 2. The Morgan fingerprint density at radius 2 is 2.32 bits per heavy atom. The number of rotatable bonds is 6. The molecule has 2 amide bonds. The van der Waals surface area contributed by atoms with Gasteiger partial charge in [-0.05, 0) is 11.8 Å². The summed E-state index contributed by atoms with van der Waals surface area (Å²) in [6.07, 6.45) is 3.00. The molecule has 5 heteroatoms. The van der Waals surface area contributed by atoms with Crippen LogP contribution in [0.2, 0.25) is 0 Å². The Bertz CT molecular complexity index is 353. The molecule has 1 saturated heterocycles. The zero-order valence-corrected chi connectivity index (χ0v) is 12.2. The maximum Gasteiger partial charge on any atom is 0.237 e. The van der Waals surface area contributed by atoms with Gasteiger partial charge in [0.1, 0.15) is 0 Å². The van der Waals surface area contributed by atoms with E-state index < -0.39 is 0 Å². The van der Waals surface area contributed by atoms with Gasteiger partial charge in [-0.1, -0.05) is 19.9 Å². The fraction of sp³-hybridized carbons (Fsp3) is 0.714. The summed E-state index contributed by atoms with van der Waals surface area (Å²) in [7, 11) is 1.59. The van der Waals surface area contributed by atoms with Gasteiger partial charge in [0.05, 0.1) is 12.5 Å². The molecule has 1 atom stereocenters. The number of hydrogen-bond acceptors (Lipinski definition) is 3. The van der Waals surface area contributed by atoms with E-state index in [4.69, 9.17) is 0 Å². The van der Waals surface area contributed by atoms with Crippen LogP contribution in [0.15, 0.2) is 12.7 Å². The first kappa shape index (κ1) is 15.7. The van der Waals surface area contributed by atoms with Crippen LogP contribution < -0.4 is 10.6 Å². The van der Waals surface area contributed by atoms with Gasteiger partial charge in [-0.25, -0.2) is 0 Å². The summed E-state index contributed by atoms with van der Waals surface area (Å²) in [5.74, 6) is -0.155. The van der Waals surface area contributed by atoms with Crippen LogP contribution in [0.4, 0.5) is 0 Å². The van der Waals surface area contributed by atoms with Gasteiger partial charge in [-0.2, -0.15) is 0 Å². The molecule has 5 nitrogen and oxygen atoms in total. The van der Waals surface area contributed by atoms with Gasteiger partial charge in [0.25, 0.3) is 0 Å². The Balaban J connectivity index is 2.73. The summed E-state index contributed by atoms with van der Waals surface area (Å²) in [4.78, 5) is 25.6. The zero-order valence-electron chi connectivity index (χ0n) is 12.2. The molecule has 1 aliphatic rings. The van der Waals surface area contributed by atoms with E-state index in [9.17, 15) is 9.59 Å². The second kappa shape index (κ2) is 6.70. The molecule has 0 spiro atoms. The molecule has 2 N–H and O–H groups in total.